The lowest BCUT2D eigenvalue weighted by atomic mass is 10.2. The average Bonchev–Trinajstić information content (AvgIpc) is 2.71. The van der Waals surface area contributed by atoms with Crippen LogP contribution < -0.4 is 4.74 Å². The molecule has 84 valence electrons. The van der Waals surface area contributed by atoms with Crippen molar-refractivity contribution < 1.29 is 9.84 Å². The highest BCUT2D eigenvalue weighted by atomic mass is 16.5. The van der Waals surface area contributed by atoms with Crippen molar-refractivity contribution in [3.05, 3.63) is 35.7 Å². The number of benzene rings is 1. The molecule has 0 bridgehead atoms. The first-order chi connectivity index (χ1) is 7.74. The van der Waals surface area contributed by atoms with E-state index in [2.05, 4.69) is 9.97 Å². The van der Waals surface area contributed by atoms with Gasteiger partial charge in [0.25, 0.3) is 0 Å². The number of H-pyrrole nitrogens is 1. The first-order valence-corrected chi connectivity index (χ1v) is 5.05. The minimum atomic E-state index is -0.0493. The molecule has 1 aromatic carbocycles. The van der Waals surface area contributed by atoms with Gasteiger partial charge in [0.05, 0.1) is 19.4 Å². The SMILES string of the molecule is COc1cccc(-c2nc(CO)c(C)[nH]2)c1. The second-order valence-corrected chi connectivity index (χ2v) is 3.55. The van der Waals surface area contributed by atoms with E-state index < -0.39 is 0 Å². The highest BCUT2D eigenvalue weighted by Gasteiger charge is 2.07. The molecule has 0 atom stereocenters. The van der Waals surface area contributed by atoms with Crippen LogP contribution in [0.1, 0.15) is 11.4 Å². The molecule has 0 spiro atoms. The fourth-order valence-electron chi connectivity index (χ4n) is 1.56. The molecular weight excluding hydrogens is 204 g/mol. The van der Waals surface area contributed by atoms with Crippen LogP contribution in [0.4, 0.5) is 0 Å². The summed E-state index contributed by atoms with van der Waals surface area (Å²) in [4.78, 5) is 7.45. The van der Waals surface area contributed by atoms with Crippen molar-refractivity contribution in [2.24, 2.45) is 0 Å². The molecule has 2 N–H and O–H groups in total. The number of nitrogens with zero attached hydrogens (tertiary/aromatic N) is 1. The van der Waals surface area contributed by atoms with Crippen molar-refractivity contribution in [1.82, 2.24) is 9.97 Å². The molecule has 0 radical (unpaired) electrons. The van der Waals surface area contributed by atoms with E-state index in [1.807, 2.05) is 31.2 Å². The van der Waals surface area contributed by atoms with E-state index in [0.717, 1.165) is 22.8 Å². The van der Waals surface area contributed by atoms with Gasteiger partial charge < -0.3 is 14.8 Å². The van der Waals surface area contributed by atoms with Gasteiger partial charge in [0, 0.05) is 11.3 Å². The van der Waals surface area contributed by atoms with E-state index >= 15 is 0 Å². The molecule has 0 fully saturated rings. The number of hydrogen-bond acceptors (Lipinski definition) is 3. The Morgan fingerprint density at radius 1 is 1.44 bits per heavy atom. The molecule has 0 unspecified atom stereocenters. The lowest BCUT2D eigenvalue weighted by molar-refractivity contribution is 0.276. The molecular formula is C12H14N2O2. The minimum Gasteiger partial charge on any atom is -0.497 e. The van der Waals surface area contributed by atoms with Gasteiger partial charge in [0.2, 0.25) is 0 Å². The standard InChI is InChI=1S/C12H14N2O2/c1-8-11(7-15)14-12(13-8)9-4-3-5-10(6-9)16-2/h3-6,15H,7H2,1-2H3,(H,13,14). The molecule has 0 aliphatic heterocycles. The summed E-state index contributed by atoms with van der Waals surface area (Å²) in [5, 5.41) is 9.07. The minimum absolute atomic E-state index is 0.0493. The maximum Gasteiger partial charge on any atom is 0.138 e. The Balaban J connectivity index is 2.41. The van der Waals surface area contributed by atoms with Crippen molar-refractivity contribution in [1.29, 1.82) is 0 Å². The number of nitrogens with one attached hydrogen (secondary N) is 1. The highest BCUT2D eigenvalue weighted by molar-refractivity contribution is 5.58. The zero-order valence-electron chi connectivity index (χ0n) is 9.32. The monoisotopic (exact) mass is 218 g/mol. The van der Waals surface area contributed by atoms with Gasteiger partial charge in [-0.3, -0.25) is 0 Å². The summed E-state index contributed by atoms with van der Waals surface area (Å²) in [5.74, 6) is 1.54. The van der Waals surface area contributed by atoms with Gasteiger partial charge in [-0.1, -0.05) is 12.1 Å². The van der Waals surface area contributed by atoms with Crippen LogP contribution in [0.15, 0.2) is 24.3 Å². The number of aryl methyl sites for hydroxylation is 1. The van der Waals surface area contributed by atoms with Crippen molar-refractivity contribution in [2.75, 3.05) is 7.11 Å². The number of rotatable bonds is 3. The quantitative estimate of drug-likeness (QED) is 0.827. The second-order valence-electron chi connectivity index (χ2n) is 3.55. The van der Waals surface area contributed by atoms with Gasteiger partial charge in [0.1, 0.15) is 11.6 Å². The molecule has 0 aliphatic carbocycles. The van der Waals surface area contributed by atoms with E-state index in [4.69, 9.17) is 9.84 Å². The molecule has 1 heterocycles. The number of imidazole rings is 1. The Labute approximate surface area is 93.9 Å². The Hall–Kier alpha value is -1.81. The summed E-state index contributed by atoms with van der Waals surface area (Å²) < 4.78 is 5.15. The maximum absolute atomic E-state index is 9.07. The number of aromatic nitrogens is 2. The van der Waals surface area contributed by atoms with Gasteiger partial charge >= 0.3 is 0 Å². The summed E-state index contributed by atoms with van der Waals surface area (Å²) >= 11 is 0. The summed E-state index contributed by atoms with van der Waals surface area (Å²) in [6.07, 6.45) is 0. The van der Waals surface area contributed by atoms with Crippen molar-refractivity contribution >= 4 is 0 Å². The molecule has 1 aromatic heterocycles. The van der Waals surface area contributed by atoms with Gasteiger partial charge in [0.15, 0.2) is 0 Å². The van der Waals surface area contributed by atoms with Gasteiger partial charge in [-0.25, -0.2) is 4.98 Å². The number of aliphatic hydroxyl groups excluding tert-OH is 1. The molecule has 2 rings (SSSR count). The number of aromatic amines is 1. The van der Waals surface area contributed by atoms with Crippen molar-refractivity contribution in [2.45, 2.75) is 13.5 Å². The molecule has 0 saturated carbocycles. The normalized spacial score (nSPS) is 10.4. The van der Waals surface area contributed by atoms with Crippen LogP contribution in [0.3, 0.4) is 0 Å². The number of ether oxygens (including phenoxy) is 1. The molecule has 16 heavy (non-hydrogen) atoms. The Bertz CT molecular complexity index is 492. The number of hydrogen-bond donors (Lipinski definition) is 2. The second kappa shape index (κ2) is 4.37. The van der Waals surface area contributed by atoms with Crippen LogP contribution >= 0.6 is 0 Å². The Morgan fingerprint density at radius 2 is 2.25 bits per heavy atom. The summed E-state index contributed by atoms with van der Waals surface area (Å²) in [7, 11) is 1.63. The average molecular weight is 218 g/mol. The van der Waals surface area contributed by atoms with Gasteiger partial charge in [-0.05, 0) is 19.1 Å². The van der Waals surface area contributed by atoms with Crippen LogP contribution in [-0.4, -0.2) is 22.2 Å². The summed E-state index contributed by atoms with van der Waals surface area (Å²) in [6.45, 7) is 1.84. The molecule has 0 amide bonds. The molecule has 4 heteroatoms. The molecule has 0 aliphatic rings. The third-order valence-corrected chi connectivity index (χ3v) is 2.48. The zero-order valence-corrected chi connectivity index (χ0v) is 9.32. The number of aliphatic hydroxyl groups is 1. The highest BCUT2D eigenvalue weighted by Crippen LogP contribution is 2.22. The number of methoxy groups -OCH3 is 1. The fourth-order valence-corrected chi connectivity index (χ4v) is 1.56. The van der Waals surface area contributed by atoms with Gasteiger partial charge in [-0.15, -0.1) is 0 Å². The van der Waals surface area contributed by atoms with Crippen LogP contribution in [0.5, 0.6) is 5.75 Å². The lowest BCUT2D eigenvalue weighted by Crippen LogP contribution is -1.86. The topological polar surface area (TPSA) is 58.1 Å². The van der Waals surface area contributed by atoms with Crippen LogP contribution in [0.25, 0.3) is 11.4 Å². The molecule has 2 aromatic rings. The summed E-state index contributed by atoms with van der Waals surface area (Å²) in [5.41, 5.74) is 2.51. The maximum atomic E-state index is 9.07. The molecule has 4 nitrogen and oxygen atoms in total. The third-order valence-electron chi connectivity index (χ3n) is 2.48. The van der Waals surface area contributed by atoms with Crippen molar-refractivity contribution in [3.63, 3.8) is 0 Å². The predicted molar refractivity (Wildman–Crippen MR) is 61.2 cm³/mol. The molecule has 0 saturated heterocycles. The van der Waals surface area contributed by atoms with E-state index in [1.54, 1.807) is 7.11 Å². The Kier molecular flexibility index (Phi) is 2.92. The van der Waals surface area contributed by atoms with Crippen molar-refractivity contribution in [3.8, 4) is 17.1 Å². The summed E-state index contributed by atoms with van der Waals surface area (Å²) in [6, 6.07) is 7.64. The van der Waals surface area contributed by atoms with E-state index in [1.165, 1.54) is 0 Å². The smallest absolute Gasteiger partial charge is 0.138 e. The van der Waals surface area contributed by atoms with Crippen LogP contribution in [-0.2, 0) is 6.61 Å². The lowest BCUT2D eigenvalue weighted by Gasteiger charge is -2.01. The predicted octanol–water partition coefficient (Wildman–Crippen LogP) is 1.89. The van der Waals surface area contributed by atoms with Gasteiger partial charge in [-0.2, -0.15) is 0 Å². The van der Waals surface area contributed by atoms with Crippen LogP contribution in [0.2, 0.25) is 0 Å². The zero-order chi connectivity index (χ0) is 11.5. The van der Waals surface area contributed by atoms with Crippen LogP contribution in [0, 0.1) is 6.92 Å². The first-order valence-electron chi connectivity index (χ1n) is 5.05. The first kappa shape index (κ1) is 10.7. The van der Waals surface area contributed by atoms with E-state index in [-0.39, 0.29) is 6.61 Å². The van der Waals surface area contributed by atoms with E-state index in [0.29, 0.717) is 5.69 Å². The van der Waals surface area contributed by atoms with E-state index in [9.17, 15) is 0 Å². The largest absolute Gasteiger partial charge is 0.497 e. The fraction of sp³-hybridized carbons (Fsp3) is 0.250. The third kappa shape index (κ3) is 1.92. The Morgan fingerprint density at radius 3 is 2.88 bits per heavy atom.